The van der Waals surface area contributed by atoms with E-state index >= 15 is 0 Å². The highest BCUT2D eigenvalue weighted by Crippen LogP contribution is 2.19. The molecule has 0 spiro atoms. The summed E-state index contributed by atoms with van der Waals surface area (Å²) in [5.74, 6) is 0.645. The van der Waals surface area contributed by atoms with E-state index in [0.717, 1.165) is 29.6 Å². The zero-order valence-corrected chi connectivity index (χ0v) is 11.9. The highest BCUT2D eigenvalue weighted by Gasteiger charge is 2.07. The second-order valence-corrected chi connectivity index (χ2v) is 5.35. The molecule has 2 rings (SSSR count). The first-order valence-corrected chi connectivity index (χ1v) is 6.85. The average molecular weight is 255 g/mol. The Morgan fingerprint density at radius 2 is 2.05 bits per heavy atom. The molecule has 1 aromatic heterocycles. The van der Waals surface area contributed by atoms with Gasteiger partial charge >= 0.3 is 0 Å². The monoisotopic (exact) mass is 255 g/mol. The summed E-state index contributed by atoms with van der Waals surface area (Å²) in [6.07, 6.45) is 2.06. The molecular weight excluding hydrogens is 234 g/mol. The molecule has 3 nitrogen and oxygen atoms in total. The average Bonchev–Trinajstić information content (AvgIpc) is 2.81. The van der Waals surface area contributed by atoms with Gasteiger partial charge in [0.2, 0.25) is 0 Å². The molecule has 0 aliphatic carbocycles. The van der Waals surface area contributed by atoms with Gasteiger partial charge in [-0.05, 0) is 31.0 Å². The molecule has 19 heavy (non-hydrogen) atoms. The minimum absolute atomic E-state index is 0.525. The Morgan fingerprint density at radius 3 is 2.74 bits per heavy atom. The van der Waals surface area contributed by atoms with Crippen molar-refractivity contribution in [3.8, 4) is 6.07 Å². The Bertz CT molecular complexity index is 590. The minimum atomic E-state index is 0.525. The van der Waals surface area contributed by atoms with Crippen molar-refractivity contribution in [2.45, 2.75) is 33.4 Å². The first-order valence-electron chi connectivity index (χ1n) is 6.85. The maximum atomic E-state index is 9.08. The van der Waals surface area contributed by atoms with Gasteiger partial charge in [0.05, 0.1) is 11.6 Å². The van der Waals surface area contributed by atoms with Gasteiger partial charge in [-0.1, -0.05) is 19.9 Å². The fraction of sp³-hybridized carbons (Fsp3) is 0.438. The zero-order valence-electron chi connectivity index (χ0n) is 11.9. The van der Waals surface area contributed by atoms with E-state index in [1.807, 2.05) is 18.2 Å². The molecule has 100 valence electrons. The van der Waals surface area contributed by atoms with Crippen LogP contribution in [-0.2, 0) is 6.54 Å². The van der Waals surface area contributed by atoms with E-state index < -0.39 is 0 Å². The van der Waals surface area contributed by atoms with Crippen molar-refractivity contribution in [3.63, 3.8) is 0 Å². The zero-order chi connectivity index (χ0) is 13.8. The summed E-state index contributed by atoms with van der Waals surface area (Å²) < 4.78 is 2.20. The van der Waals surface area contributed by atoms with E-state index in [-0.39, 0.29) is 0 Å². The molecule has 1 N–H and O–H groups in total. The maximum absolute atomic E-state index is 9.08. The third-order valence-corrected chi connectivity index (χ3v) is 3.75. The highest BCUT2D eigenvalue weighted by atomic mass is 15.0. The van der Waals surface area contributed by atoms with Crippen LogP contribution in [0.5, 0.6) is 0 Å². The molecule has 0 saturated carbocycles. The van der Waals surface area contributed by atoms with Gasteiger partial charge in [-0.15, -0.1) is 0 Å². The number of aromatic nitrogens is 1. The first-order chi connectivity index (χ1) is 9.13. The van der Waals surface area contributed by atoms with Crippen LogP contribution in [0.2, 0.25) is 0 Å². The molecule has 1 heterocycles. The van der Waals surface area contributed by atoms with Crippen LogP contribution in [0.3, 0.4) is 0 Å². The van der Waals surface area contributed by atoms with Crippen LogP contribution in [0.15, 0.2) is 30.5 Å². The van der Waals surface area contributed by atoms with Gasteiger partial charge in [-0.25, -0.2) is 0 Å². The van der Waals surface area contributed by atoms with Crippen LogP contribution < -0.4 is 5.32 Å². The van der Waals surface area contributed by atoms with Crippen molar-refractivity contribution < 1.29 is 0 Å². The summed E-state index contributed by atoms with van der Waals surface area (Å²) in [4.78, 5) is 0. The van der Waals surface area contributed by atoms with E-state index in [1.54, 1.807) is 0 Å². The summed E-state index contributed by atoms with van der Waals surface area (Å²) in [6, 6.07) is 10.7. The lowest BCUT2D eigenvalue weighted by Crippen LogP contribution is -2.33. The Labute approximate surface area is 114 Å². The molecule has 0 bridgehead atoms. The Hall–Kier alpha value is -1.79. The van der Waals surface area contributed by atoms with Crippen molar-refractivity contribution in [1.82, 2.24) is 9.88 Å². The van der Waals surface area contributed by atoms with Gasteiger partial charge < -0.3 is 9.88 Å². The largest absolute Gasteiger partial charge is 0.346 e. The number of nitrogens with zero attached hydrogens (tertiary/aromatic N) is 2. The number of rotatable bonds is 5. The standard InChI is InChI=1S/C16H21N3/c1-12(2)13(3)18-8-10-19-9-7-15-14(11-17)5-4-6-16(15)19/h4-7,9,12-13,18H,8,10H2,1-3H3. The van der Waals surface area contributed by atoms with Crippen molar-refractivity contribution in [1.29, 1.82) is 5.26 Å². The number of hydrogen-bond acceptors (Lipinski definition) is 2. The molecule has 0 radical (unpaired) electrons. The number of nitriles is 1. The Morgan fingerprint density at radius 1 is 1.26 bits per heavy atom. The van der Waals surface area contributed by atoms with Crippen LogP contribution in [0, 0.1) is 17.2 Å². The molecule has 0 amide bonds. The number of fused-ring (bicyclic) bond motifs is 1. The van der Waals surface area contributed by atoms with Crippen molar-refractivity contribution >= 4 is 10.9 Å². The third-order valence-electron chi connectivity index (χ3n) is 3.75. The lowest BCUT2D eigenvalue weighted by Gasteiger charge is -2.17. The van der Waals surface area contributed by atoms with Crippen LogP contribution in [-0.4, -0.2) is 17.2 Å². The molecular formula is C16H21N3. The molecule has 0 fully saturated rings. The minimum Gasteiger partial charge on any atom is -0.346 e. The summed E-state index contributed by atoms with van der Waals surface area (Å²) in [5.41, 5.74) is 1.89. The lowest BCUT2D eigenvalue weighted by atomic mass is 10.1. The second-order valence-electron chi connectivity index (χ2n) is 5.35. The predicted octanol–water partition coefficient (Wildman–Crippen LogP) is 3.15. The molecule has 0 aliphatic rings. The van der Waals surface area contributed by atoms with Gasteiger partial charge in [0.15, 0.2) is 0 Å². The summed E-state index contributed by atoms with van der Waals surface area (Å²) >= 11 is 0. The fourth-order valence-corrected chi connectivity index (χ4v) is 2.16. The van der Waals surface area contributed by atoms with E-state index in [2.05, 4.69) is 49.0 Å². The van der Waals surface area contributed by atoms with Gasteiger partial charge in [0.1, 0.15) is 0 Å². The van der Waals surface area contributed by atoms with Gasteiger partial charge in [0, 0.05) is 36.2 Å². The van der Waals surface area contributed by atoms with E-state index in [0.29, 0.717) is 12.0 Å². The van der Waals surface area contributed by atoms with Crippen LogP contribution in [0.25, 0.3) is 10.9 Å². The topological polar surface area (TPSA) is 40.8 Å². The molecule has 1 unspecified atom stereocenters. The Kier molecular flexibility index (Phi) is 4.24. The quantitative estimate of drug-likeness (QED) is 0.891. The van der Waals surface area contributed by atoms with E-state index in [9.17, 15) is 0 Å². The number of benzene rings is 1. The molecule has 0 saturated heterocycles. The van der Waals surface area contributed by atoms with Crippen LogP contribution in [0.1, 0.15) is 26.3 Å². The summed E-state index contributed by atoms with van der Waals surface area (Å²) in [7, 11) is 0. The van der Waals surface area contributed by atoms with Crippen LogP contribution >= 0.6 is 0 Å². The molecule has 0 aliphatic heterocycles. The van der Waals surface area contributed by atoms with Crippen LogP contribution in [0.4, 0.5) is 0 Å². The molecule has 2 aromatic rings. The van der Waals surface area contributed by atoms with Crippen molar-refractivity contribution in [2.75, 3.05) is 6.54 Å². The SMILES string of the molecule is CC(C)C(C)NCCn1ccc2c(C#N)cccc21. The Balaban J connectivity index is 2.08. The fourth-order valence-electron chi connectivity index (χ4n) is 2.16. The van der Waals surface area contributed by atoms with Gasteiger partial charge in [-0.2, -0.15) is 5.26 Å². The molecule has 1 atom stereocenters. The molecule has 3 heteroatoms. The van der Waals surface area contributed by atoms with Gasteiger partial charge in [0.25, 0.3) is 0 Å². The van der Waals surface area contributed by atoms with Gasteiger partial charge in [-0.3, -0.25) is 0 Å². The van der Waals surface area contributed by atoms with E-state index in [1.165, 1.54) is 0 Å². The van der Waals surface area contributed by atoms with Crippen molar-refractivity contribution in [3.05, 3.63) is 36.0 Å². The van der Waals surface area contributed by atoms with E-state index in [4.69, 9.17) is 5.26 Å². The lowest BCUT2D eigenvalue weighted by molar-refractivity contribution is 0.418. The number of nitrogens with one attached hydrogen (secondary N) is 1. The maximum Gasteiger partial charge on any atom is 0.0998 e. The second kappa shape index (κ2) is 5.90. The third kappa shape index (κ3) is 2.97. The first kappa shape index (κ1) is 13.6. The summed E-state index contributed by atoms with van der Waals surface area (Å²) in [6.45, 7) is 8.53. The predicted molar refractivity (Wildman–Crippen MR) is 79.0 cm³/mol. The molecule has 1 aromatic carbocycles. The highest BCUT2D eigenvalue weighted by molar-refractivity contribution is 5.85. The number of hydrogen-bond donors (Lipinski definition) is 1. The smallest absolute Gasteiger partial charge is 0.0998 e. The van der Waals surface area contributed by atoms with Crippen molar-refractivity contribution in [2.24, 2.45) is 5.92 Å². The summed E-state index contributed by atoms with van der Waals surface area (Å²) in [5, 5.41) is 13.7. The normalized spacial score (nSPS) is 12.8.